The smallest absolute Gasteiger partial charge is 0.260 e. The number of hydrogen-bond acceptors (Lipinski definition) is 7. The predicted octanol–water partition coefficient (Wildman–Crippen LogP) is 5.29. The fourth-order valence-corrected chi connectivity index (χ4v) is 5.82. The van der Waals surface area contributed by atoms with Crippen LogP contribution in [0, 0.1) is 0 Å². The molecule has 1 aromatic carbocycles. The lowest BCUT2D eigenvalue weighted by atomic mass is 10.1. The minimum absolute atomic E-state index is 0.0989. The van der Waals surface area contributed by atoms with E-state index in [4.69, 9.17) is 14.5 Å². The molecule has 6 nitrogen and oxygen atoms in total. The van der Waals surface area contributed by atoms with E-state index in [0.717, 1.165) is 38.8 Å². The number of thiophene rings is 2. The highest BCUT2D eigenvalue weighted by Crippen LogP contribution is 2.36. The van der Waals surface area contributed by atoms with E-state index >= 15 is 0 Å². The first-order valence-electron chi connectivity index (χ1n) is 10.8. The number of rotatable bonds is 7. The fourth-order valence-electron chi connectivity index (χ4n) is 4.05. The Hall–Kier alpha value is -2.68. The number of nitrogens with one attached hydrogen (secondary N) is 2. The second-order valence-electron chi connectivity index (χ2n) is 7.99. The minimum atomic E-state index is -0.137. The number of hydrogen-bond donors (Lipinski definition) is 2. The highest BCUT2D eigenvalue weighted by atomic mass is 32.1. The van der Waals surface area contributed by atoms with Gasteiger partial charge < -0.3 is 19.8 Å². The molecule has 0 bridgehead atoms. The first-order valence-corrected chi connectivity index (χ1v) is 12.5. The van der Waals surface area contributed by atoms with Crippen molar-refractivity contribution in [1.29, 1.82) is 0 Å². The van der Waals surface area contributed by atoms with Crippen molar-refractivity contribution in [1.82, 2.24) is 15.3 Å². The summed E-state index contributed by atoms with van der Waals surface area (Å²) in [6.07, 6.45) is 1.09. The molecule has 1 aliphatic rings. The third-order valence-corrected chi connectivity index (χ3v) is 7.41. The molecule has 4 heterocycles. The second-order valence-corrected chi connectivity index (χ2v) is 9.80. The van der Waals surface area contributed by atoms with Gasteiger partial charge >= 0.3 is 0 Å². The number of aromatic amines is 1. The third-order valence-electron chi connectivity index (χ3n) is 5.64. The van der Waals surface area contributed by atoms with Crippen molar-refractivity contribution >= 4 is 32.9 Å². The van der Waals surface area contributed by atoms with Crippen LogP contribution in [0.2, 0.25) is 0 Å². The zero-order valence-electron chi connectivity index (χ0n) is 18.2. The summed E-state index contributed by atoms with van der Waals surface area (Å²) >= 11 is 3.13. The number of ether oxygens (including phenoxy) is 2. The molecule has 0 unspecified atom stereocenters. The molecule has 0 fully saturated rings. The van der Waals surface area contributed by atoms with Gasteiger partial charge in [0.1, 0.15) is 28.3 Å². The molecular weight excluding hydrogens is 442 g/mol. The van der Waals surface area contributed by atoms with Gasteiger partial charge in [-0.3, -0.25) is 4.79 Å². The topological polar surface area (TPSA) is 76.2 Å². The molecule has 4 aromatic rings. The number of nitrogens with zero attached hydrogens (tertiary/aromatic N) is 1. The lowest BCUT2D eigenvalue weighted by Crippen LogP contribution is -2.23. The monoisotopic (exact) mass is 467 g/mol. The molecule has 0 amide bonds. The largest absolute Gasteiger partial charge is 0.494 e. The van der Waals surface area contributed by atoms with E-state index in [2.05, 4.69) is 29.4 Å². The zero-order valence-corrected chi connectivity index (χ0v) is 19.9. The molecule has 32 heavy (non-hydrogen) atoms. The van der Waals surface area contributed by atoms with E-state index in [-0.39, 0.29) is 17.7 Å². The van der Waals surface area contributed by atoms with Gasteiger partial charge in [-0.25, -0.2) is 4.98 Å². The highest BCUT2D eigenvalue weighted by Gasteiger charge is 2.22. The van der Waals surface area contributed by atoms with Crippen LogP contribution in [0.4, 0.5) is 0 Å². The molecule has 8 heteroatoms. The molecule has 0 radical (unpaired) electrons. The fraction of sp³-hybridized carbons (Fsp3) is 0.333. The molecule has 0 saturated heterocycles. The Morgan fingerprint density at radius 1 is 1.38 bits per heavy atom. The van der Waals surface area contributed by atoms with Gasteiger partial charge in [0.25, 0.3) is 5.56 Å². The molecule has 3 aromatic heterocycles. The Morgan fingerprint density at radius 3 is 3.03 bits per heavy atom. The zero-order chi connectivity index (χ0) is 22.2. The van der Waals surface area contributed by atoms with Gasteiger partial charge in [-0.2, -0.15) is 0 Å². The van der Waals surface area contributed by atoms with Crippen molar-refractivity contribution in [2.45, 2.75) is 45.9 Å². The second kappa shape index (κ2) is 8.69. The maximum atomic E-state index is 12.9. The van der Waals surface area contributed by atoms with E-state index in [9.17, 15) is 4.79 Å². The minimum Gasteiger partial charge on any atom is -0.494 e. The van der Waals surface area contributed by atoms with Crippen LogP contribution in [0.5, 0.6) is 11.5 Å². The van der Waals surface area contributed by atoms with Crippen LogP contribution in [0.3, 0.4) is 0 Å². The maximum Gasteiger partial charge on any atom is 0.260 e. The number of fused-ring (bicyclic) bond motifs is 2. The quantitative estimate of drug-likeness (QED) is 0.386. The summed E-state index contributed by atoms with van der Waals surface area (Å²) in [5.41, 5.74) is 3.08. The molecular formula is C24H25N3O3S2. The molecule has 166 valence electrons. The third kappa shape index (κ3) is 3.94. The van der Waals surface area contributed by atoms with Gasteiger partial charge in [-0.05, 0) is 44.4 Å². The van der Waals surface area contributed by atoms with Gasteiger partial charge in [0.15, 0.2) is 0 Å². The first-order chi connectivity index (χ1) is 15.5. The normalized spacial score (nSPS) is 16.2. The lowest BCUT2D eigenvalue weighted by molar-refractivity contribution is 0.254. The van der Waals surface area contributed by atoms with Crippen molar-refractivity contribution < 1.29 is 9.47 Å². The van der Waals surface area contributed by atoms with E-state index in [1.54, 1.807) is 11.3 Å². The number of benzene rings is 1. The van der Waals surface area contributed by atoms with Crippen LogP contribution < -0.4 is 20.3 Å². The molecule has 5 rings (SSSR count). The Labute approximate surface area is 194 Å². The summed E-state index contributed by atoms with van der Waals surface area (Å²) in [5, 5.41) is 8.18. The van der Waals surface area contributed by atoms with Gasteiger partial charge in [0, 0.05) is 39.9 Å². The van der Waals surface area contributed by atoms with E-state index in [1.165, 1.54) is 16.9 Å². The van der Waals surface area contributed by atoms with Crippen molar-refractivity contribution in [3.8, 4) is 21.9 Å². The van der Waals surface area contributed by atoms with Crippen molar-refractivity contribution in [3.63, 3.8) is 0 Å². The number of H-pyrrole nitrogens is 1. The summed E-state index contributed by atoms with van der Waals surface area (Å²) in [6, 6.07) is 8.04. The van der Waals surface area contributed by atoms with Gasteiger partial charge in [-0.1, -0.05) is 6.07 Å². The van der Waals surface area contributed by atoms with Gasteiger partial charge in [0.2, 0.25) is 0 Å². The standard InChI is InChI=1S/C24H25N3O3S2/c1-4-29-18-9-15-8-13(2)30-19(15)10-16(18)11-25-14(3)22-26-23(28)21-17(12-32-24(21)27-22)20-6-5-7-31-20/h5-7,9-10,12-14,25H,4,8,11H2,1-3H3,(H,26,27,28)/t13-,14-/m0/s1. The van der Waals surface area contributed by atoms with Crippen molar-refractivity contribution in [2.24, 2.45) is 0 Å². The maximum absolute atomic E-state index is 12.9. The van der Waals surface area contributed by atoms with Crippen LogP contribution >= 0.6 is 22.7 Å². The lowest BCUT2D eigenvalue weighted by Gasteiger charge is -2.16. The van der Waals surface area contributed by atoms with Crippen molar-refractivity contribution in [2.75, 3.05) is 6.61 Å². The molecule has 0 spiro atoms. The van der Waals surface area contributed by atoms with Crippen molar-refractivity contribution in [3.05, 3.63) is 62.3 Å². The summed E-state index contributed by atoms with van der Waals surface area (Å²) < 4.78 is 11.8. The molecule has 0 aliphatic carbocycles. The highest BCUT2D eigenvalue weighted by molar-refractivity contribution is 7.18. The average molecular weight is 468 g/mol. The summed E-state index contributed by atoms with van der Waals surface area (Å²) in [4.78, 5) is 22.5. The number of aromatic nitrogens is 2. The molecule has 2 atom stereocenters. The SMILES string of the molecule is CCOc1cc2c(cc1CN[C@@H](C)c1nc3scc(-c4cccs4)c3c(=O)[nH]1)O[C@@H](C)C2. The van der Waals surface area contributed by atoms with Crippen LogP contribution in [0.25, 0.3) is 20.7 Å². The average Bonchev–Trinajstić information content (AvgIpc) is 3.50. The summed E-state index contributed by atoms with van der Waals surface area (Å²) in [6.45, 7) is 7.25. The van der Waals surface area contributed by atoms with E-state index in [1.807, 2.05) is 36.7 Å². The summed E-state index contributed by atoms with van der Waals surface area (Å²) in [5.74, 6) is 2.43. The Morgan fingerprint density at radius 2 is 2.25 bits per heavy atom. The molecule has 1 aliphatic heterocycles. The first kappa shape index (κ1) is 21.2. The Kier molecular flexibility index (Phi) is 5.75. The Bertz CT molecular complexity index is 1310. The van der Waals surface area contributed by atoms with Gasteiger partial charge in [0.05, 0.1) is 18.0 Å². The van der Waals surface area contributed by atoms with E-state index < -0.39 is 0 Å². The van der Waals surface area contributed by atoms with Crippen LogP contribution in [-0.4, -0.2) is 22.7 Å². The summed E-state index contributed by atoms with van der Waals surface area (Å²) in [7, 11) is 0. The molecule has 2 N–H and O–H groups in total. The van der Waals surface area contributed by atoms with Crippen LogP contribution in [0.1, 0.15) is 43.8 Å². The Balaban J connectivity index is 1.38. The molecule has 0 saturated carbocycles. The predicted molar refractivity (Wildman–Crippen MR) is 130 cm³/mol. The van der Waals surface area contributed by atoms with Gasteiger partial charge in [-0.15, -0.1) is 22.7 Å². The van der Waals surface area contributed by atoms with Crippen LogP contribution in [0.15, 0.2) is 39.8 Å². The van der Waals surface area contributed by atoms with Crippen LogP contribution in [-0.2, 0) is 13.0 Å². The van der Waals surface area contributed by atoms with E-state index in [0.29, 0.717) is 24.4 Å².